The average molecular weight is 587 g/mol. The lowest BCUT2D eigenvalue weighted by atomic mass is 10.1. The molecule has 0 saturated carbocycles. The molecule has 0 spiro atoms. The smallest absolute Gasteiger partial charge is 0.264 e. The van der Waals surface area contributed by atoms with E-state index in [9.17, 15) is 9.59 Å². The Bertz CT molecular complexity index is 1780. The molecule has 0 saturated heterocycles. The number of fused-ring (bicyclic) bond motifs is 1. The third-order valence-corrected chi connectivity index (χ3v) is 7.55. The summed E-state index contributed by atoms with van der Waals surface area (Å²) in [5.74, 6) is 1.31. The minimum Gasteiger partial charge on any atom is -0.493 e. The number of methoxy groups -OCH3 is 3. The van der Waals surface area contributed by atoms with Crippen LogP contribution in [0.1, 0.15) is 22.8 Å². The van der Waals surface area contributed by atoms with Gasteiger partial charge in [0.25, 0.3) is 5.91 Å². The van der Waals surface area contributed by atoms with Gasteiger partial charge in [0.15, 0.2) is 23.2 Å². The molecule has 0 aliphatic carbocycles. The Morgan fingerprint density at radius 2 is 1.60 bits per heavy atom. The predicted octanol–water partition coefficient (Wildman–Crippen LogP) is 6.15. The van der Waals surface area contributed by atoms with Crippen LogP contribution in [-0.2, 0) is 4.79 Å². The van der Waals surface area contributed by atoms with E-state index in [1.165, 1.54) is 44.3 Å². The number of hydrogen-bond donors (Lipinski definition) is 1. The Hall–Kier alpha value is -4.90. The van der Waals surface area contributed by atoms with Crippen molar-refractivity contribution in [1.82, 2.24) is 14.8 Å². The van der Waals surface area contributed by atoms with Crippen molar-refractivity contribution in [1.29, 1.82) is 0 Å². The second-order valence-corrected chi connectivity index (χ2v) is 10.6. The quantitative estimate of drug-likeness (QED) is 0.219. The van der Waals surface area contributed by atoms with Crippen molar-refractivity contribution in [2.24, 2.45) is 0 Å². The minimum absolute atomic E-state index is 0.206. The first-order chi connectivity index (χ1) is 20.2. The van der Waals surface area contributed by atoms with Gasteiger partial charge in [-0.25, -0.2) is 4.98 Å². The van der Waals surface area contributed by atoms with Crippen molar-refractivity contribution < 1.29 is 28.5 Å². The summed E-state index contributed by atoms with van der Waals surface area (Å²) in [5.41, 5.74) is 5.24. The Kier molecular flexibility index (Phi) is 8.12. The van der Waals surface area contributed by atoms with E-state index in [-0.39, 0.29) is 18.4 Å². The van der Waals surface area contributed by atoms with Crippen molar-refractivity contribution >= 4 is 38.5 Å². The first kappa shape index (κ1) is 28.6. The SMILES string of the molecule is COc1cc(-c2cc(-c3ccc(C)c(OCC(=O)Nc4nc5cc(C)ccc5s4)c3)n(C(C)=O)n2)cc(OC)c1OC. The second-order valence-electron chi connectivity index (χ2n) is 9.57. The summed E-state index contributed by atoms with van der Waals surface area (Å²) >= 11 is 1.41. The number of nitrogens with zero attached hydrogens (tertiary/aromatic N) is 3. The maximum absolute atomic E-state index is 12.7. The summed E-state index contributed by atoms with van der Waals surface area (Å²) in [7, 11) is 4.61. The predicted molar refractivity (Wildman–Crippen MR) is 162 cm³/mol. The summed E-state index contributed by atoms with van der Waals surface area (Å²) < 4.78 is 24.6. The monoisotopic (exact) mass is 586 g/mol. The summed E-state index contributed by atoms with van der Waals surface area (Å²) in [6, 6.07) is 16.9. The lowest BCUT2D eigenvalue weighted by molar-refractivity contribution is -0.118. The summed E-state index contributed by atoms with van der Waals surface area (Å²) in [4.78, 5) is 29.8. The highest BCUT2D eigenvalue weighted by Gasteiger charge is 2.20. The number of hydrogen-bond acceptors (Lipinski definition) is 9. The first-order valence-corrected chi connectivity index (χ1v) is 13.8. The molecule has 0 aliphatic rings. The molecular formula is C31H30N4O6S. The van der Waals surface area contributed by atoms with Crippen LogP contribution in [0.2, 0.25) is 0 Å². The second kappa shape index (κ2) is 11.9. The third kappa shape index (κ3) is 5.77. The lowest BCUT2D eigenvalue weighted by Gasteiger charge is -2.13. The van der Waals surface area contributed by atoms with Gasteiger partial charge in [0, 0.05) is 18.1 Å². The molecule has 0 radical (unpaired) electrons. The van der Waals surface area contributed by atoms with Crippen LogP contribution in [0.25, 0.3) is 32.7 Å². The fourth-order valence-electron chi connectivity index (χ4n) is 4.50. The summed E-state index contributed by atoms with van der Waals surface area (Å²) in [5, 5.41) is 7.89. The van der Waals surface area contributed by atoms with Gasteiger partial charge in [0.05, 0.1) is 42.9 Å². The van der Waals surface area contributed by atoms with E-state index in [4.69, 9.17) is 18.9 Å². The van der Waals surface area contributed by atoms with Crippen molar-refractivity contribution in [2.45, 2.75) is 20.8 Å². The number of rotatable bonds is 9. The molecule has 0 aliphatic heterocycles. The van der Waals surface area contributed by atoms with Crippen LogP contribution in [0.3, 0.4) is 0 Å². The van der Waals surface area contributed by atoms with E-state index in [1.54, 1.807) is 24.3 Å². The largest absolute Gasteiger partial charge is 0.493 e. The van der Waals surface area contributed by atoms with Gasteiger partial charge in [-0.1, -0.05) is 29.5 Å². The molecule has 2 heterocycles. The van der Waals surface area contributed by atoms with Crippen molar-refractivity contribution in [3.63, 3.8) is 0 Å². The number of aryl methyl sites for hydroxylation is 2. The van der Waals surface area contributed by atoms with E-state index in [0.29, 0.717) is 50.6 Å². The Morgan fingerprint density at radius 1 is 0.881 bits per heavy atom. The molecule has 0 unspecified atom stereocenters. The van der Waals surface area contributed by atoms with Crippen LogP contribution in [0, 0.1) is 13.8 Å². The number of nitrogens with one attached hydrogen (secondary N) is 1. The van der Waals surface area contributed by atoms with E-state index in [0.717, 1.165) is 21.3 Å². The standard InChI is InChI=1S/C31H30N4O6S/c1-17-7-10-28-23(11-17)32-31(42-28)33-29(37)16-41-25-12-20(9-8-18(25)2)24-15-22(34-35(24)19(3)36)21-13-26(38-4)30(40-6)27(14-21)39-5/h7-15H,16H2,1-6H3,(H,32,33,37). The number of ether oxygens (including phenoxy) is 4. The molecule has 3 aromatic carbocycles. The molecule has 216 valence electrons. The van der Waals surface area contributed by atoms with Crippen LogP contribution in [0.4, 0.5) is 5.13 Å². The van der Waals surface area contributed by atoms with Crippen LogP contribution in [-0.4, -0.2) is 54.5 Å². The zero-order valence-corrected chi connectivity index (χ0v) is 24.9. The summed E-state index contributed by atoms with van der Waals surface area (Å²) in [6.07, 6.45) is 0. The topological polar surface area (TPSA) is 114 Å². The number of amides is 1. The van der Waals surface area contributed by atoms with Crippen molar-refractivity contribution in [3.05, 3.63) is 65.7 Å². The zero-order valence-electron chi connectivity index (χ0n) is 24.1. The molecule has 0 fully saturated rings. The molecular weight excluding hydrogens is 556 g/mol. The zero-order chi connectivity index (χ0) is 30.0. The molecule has 5 rings (SSSR count). The normalized spacial score (nSPS) is 10.9. The fraction of sp³-hybridized carbons (Fsp3) is 0.226. The van der Waals surface area contributed by atoms with Gasteiger partial charge in [-0.15, -0.1) is 0 Å². The van der Waals surface area contributed by atoms with E-state index >= 15 is 0 Å². The molecule has 42 heavy (non-hydrogen) atoms. The maximum Gasteiger partial charge on any atom is 0.264 e. The highest BCUT2D eigenvalue weighted by Crippen LogP contribution is 2.41. The van der Waals surface area contributed by atoms with Gasteiger partial charge in [-0.3, -0.25) is 14.9 Å². The molecule has 0 bridgehead atoms. The van der Waals surface area contributed by atoms with Gasteiger partial charge in [-0.2, -0.15) is 9.78 Å². The Morgan fingerprint density at radius 3 is 2.26 bits per heavy atom. The Labute approximate surface area is 246 Å². The highest BCUT2D eigenvalue weighted by atomic mass is 32.1. The van der Waals surface area contributed by atoms with Crippen molar-refractivity contribution in [2.75, 3.05) is 33.3 Å². The molecule has 5 aromatic rings. The highest BCUT2D eigenvalue weighted by molar-refractivity contribution is 7.22. The van der Waals surface area contributed by atoms with E-state index < -0.39 is 0 Å². The number of thiazole rings is 1. The molecule has 10 nitrogen and oxygen atoms in total. The van der Waals surface area contributed by atoms with Gasteiger partial charge in [0.2, 0.25) is 11.7 Å². The van der Waals surface area contributed by atoms with Crippen LogP contribution < -0.4 is 24.3 Å². The third-order valence-electron chi connectivity index (χ3n) is 6.60. The van der Waals surface area contributed by atoms with E-state index in [1.807, 2.05) is 44.2 Å². The van der Waals surface area contributed by atoms with Crippen molar-refractivity contribution in [3.8, 4) is 45.5 Å². The van der Waals surface area contributed by atoms with Gasteiger partial charge < -0.3 is 18.9 Å². The number of carbonyl (C=O) groups is 2. The number of benzene rings is 3. The molecule has 1 N–H and O–H groups in total. The molecule has 2 aromatic heterocycles. The number of aromatic nitrogens is 3. The van der Waals surface area contributed by atoms with E-state index in [2.05, 4.69) is 15.4 Å². The first-order valence-electron chi connectivity index (χ1n) is 13.0. The lowest BCUT2D eigenvalue weighted by Crippen LogP contribution is -2.20. The fourth-order valence-corrected chi connectivity index (χ4v) is 5.36. The Balaban J connectivity index is 1.40. The van der Waals surface area contributed by atoms with Gasteiger partial charge in [0.1, 0.15) is 5.75 Å². The molecule has 0 atom stereocenters. The van der Waals surface area contributed by atoms with Crippen LogP contribution in [0.15, 0.2) is 54.6 Å². The van der Waals surface area contributed by atoms with Crippen LogP contribution in [0.5, 0.6) is 23.0 Å². The molecule has 11 heteroatoms. The minimum atomic E-state index is -0.325. The summed E-state index contributed by atoms with van der Waals surface area (Å²) in [6.45, 7) is 5.12. The van der Waals surface area contributed by atoms with Crippen LogP contribution >= 0.6 is 11.3 Å². The molecule has 1 amide bonds. The average Bonchev–Trinajstić information content (AvgIpc) is 3.60. The van der Waals surface area contributed by atoms with Gasteiger partial charge >= 0.3 is 0 Å². The van der Waals surface area contributed by atoms with Gasteiger partial charge in [-0.05, 0) is 61.4 Å². The maximum atomic E-state index is 12.7. The number of carbonyl (C=O) groups excluding carboxylic acids is 2. The number of anilines is 1.